The van der Waals surface area contributed by atoms with Gasteiger partial charge in [-0.05, 0) is 17.7 Å². The highest BCUT2D eigenvalue weighted by Gasteiger charge is 2.38. The topological polar surface area (TPSA) is 68.7 Å². The van der Waals surface area contributed by atoms with Gasteiger partial charge in [-0.15, -0.1) is 0 Å². The number of carbonyl (C=O) groups excluding carboxylic acids is 2. The molecule has 0 spiro atoms. The maximum absolute atomic E-state index is 12.3. The molecule has 2 aliphatic heterocycles. The van der Waals surface area contributed by atoms with Crippen LogP contribution in [0.25, 0.3) is 0 Å². The molecule has 0 aliphatic carbocycles. The van der Waals surface area contributed by atoms with E-state index in [2.05, 4.69) is 4.98 Å². The summed E-state index contributed by atoms with van der Waals surface area (Å²) in [6, 6.07) is 3.62. The molecule has 0 radical (unpaired) electrons. The molecule has 3 heterocycles. The summed E-state index contributed by atoms with van der Waals surface area (Å²) >= 11 is 0. The highest BCUT2D eigenvalue weighted by molar-refractivity contribution is 6.23. The Labute approximate surface area is 122 Å². The van der Waals surface area contributed by atoms with Crippen LogP contribution in [-0.4, -0.2) is 54.0 Å². The van der Waals surface area contributed by atoms with Crippen LogP contribution in [0.15, 0.2) is 36.3 Å². The first-order valence-electron chi connectivity index (χ1n) is 6.92. The van der Waals surface area contributed by atoms with Gasteiger partial charge in [-0.1, -0.05) is 0 Å². The summed E-state index contributed by atoms with van der Waals surface area (Å²) in [4.78, 5) is 30.0. The molecule has 0 amide bonds. The molecule has 1 aromatic rings. The molecule has 2 aliphatic rings. The first-order valence-corrected chi connectivity index (χ1v) is 6.92. The van der Waals surface area contributed by atoms with Crippen molar-refractivity contribution in [2.75, 3.05) is 26.3 Å². The number of aromatic nitrogens is 1. The molecule has 0 N–H and O–H groups in total. The van der Waals surface area contributed by atoms with E-state index in [-0.39, 0.29) is 11.4 Å². The van der Waals surface area contributed by atoms with Gasteiger partial charge in [0.25, 0.3) is 0 Å². The second kappa shape index (κ2) is 6.05. The fraction of sp³-hybridized carbons (Fsp3) is 0.400. The molecule has 1 unspecified atom stereocenters. The third-order valence-corrected chi connectivity index (χ3v) is 3.55. The number of ketones is 1. The van der Waals surface area contributed by atoms with Gasteiger partial charge in [0.15, 0.2) is 6.10 Å². The van der Waals surface area contributed by atoms with E-state index in [0.29, 0.717) is 32.7 Å². The Morgan fingerprint density at radius 2 is 1.95 bits per heavy atom. The van der Waals surface area contributed by atoms with Gasteiger partial charge in [0.05, 0.1) is 13.2 Å². The van der Waals surface area contributed by atoms with E-state index in [4.69, 9.17) is 9.47 Å². The molecular weight excluding hydrogens is 272 g/mol. The minimum Gasteiger partial charge on any atom is -0.450 e. The van der Waals surface area contributed by atoms with Gasteiger partial charge in [0, 0.05) is 38.1 Å². The normalized spacial score (nSPS) is 24.5. The Balaban J connectivity index is 1.71. The number of pyridine rings is 1. The molecule has 1 atom stereocenters. The zero-order valence-corrected chi connectivity index (χ0v) is 11.5. The average Bonchev–Trinajstić information content (AvgIpc) is 2.77. The van der Waals surface area contributed by atoms with Crippen molar-refractivity contribution in [3.05, 3.63) is 41.9 Å². The smallest absolute Gasteiger partial charge is 0.344 e. The summed E-state index contributed by atoms with van der Waals surface area (Å²) in [5.74, 6) is -0.783. The van der Waals surface area contributed by atoms with Gasteiger partial charge in [0.1, 0.15) is 5.57 Å². The molecule has 3 rings (SSSR count). The second-order valence-corrected chi connectivity index (χ2v) is 5.01. The number of carbonyl (C=O) groups is 2. The summed E-state index contributed by atoms with van der Waals surface area (Å²) in [7, 11) is 0. The van der Waals surface area contributed by atoms with Gasteiger partial charge in [-0.2, -0.15) is 0 Å². The van der Waals surface area contributed by atoms with Crippen LogP contribution in [0.2, 0.25) is 0 Å². The second-order valence-electron chi connectivity index (χ2n) is 5.01. The summed E-state index contributed by atoms with van der Waals surface area (Å²) < 4.78 is 10.4. The fourth-order valence-electron chi connectivity index (χ4n) is 2.39. The number of cyclic esters (lactones) is 1. The number of Topliss-reactive ketones (excluding diaryl/α,β-unsaturated/α-hetero) is 1. The average molecular weight is 288 g/mol. The lowest BCUT2D eigenvalue weighted by Crippen LogP contribution is -2.33. The van der Waals surface area contributed by atoms with Gasteiger partial charge in [-0.3, -0.25) is 9.78 Å². The van der Waals surface area contributed by atoms with Crippen LogP contribution in [0.5, 0.6) is 0 Å². The number of rotatable bonds is 3. The molecular formula is C15H16N2O4. The van der Waals surface area contributed by atoms with Crippen molar-refractivity contribution in [1.29, 1.82) is 0 Å². The van der Waals surface area contributed by atoms with Gasteiger partial charge < -0.3 is 14.4 Å². The Hall–Kier alpha value is -2.21. The highest BCUT2D eigenvalue weighted by Crippen LogP contribution is 2.21. The van der Waals surface area contributed by atoms with Crippen LogP contribution >= 0.6 is 0 Å². The third-order valence-electron chi connectivity index (χ3n) is 3.55. The zero-order valence-electron chi connectivity index (χ0n) is 11.5. The SMILES string of the molecule is O=C1OC(Cc2ccncc2)C(=O)/C1=C/N1CCOCC1. The predicted molar refractivity (Wildman–Crippen MR) is 73.3 cm³/mol. The van der Waals surface area contributed by atoms with Crippen molar-refractivity contribution >= 4 is 11.8 Å². The van der Waals surface area contributed by atoms with E-state index >= 15 is 0 Å². The van der Waals surface area contributed by atoms with Crippen molar-refractivity contribution in [3.8, 4) is 0 Å². The quantitative estimate of drug-likeness (QED) is 0.454. The molecule has 21 heavy (non-hydrogen) atoms. The van der Waals surface area contributed by atoms with E-state index in [1.807, 2.05) is 17.0 Å². The molecule has 1 aromatic heterocycles. The third kappa shape index (κ3) is 3.11. The lowest BCUT2D eigenvalue weighted by Gasteiger charge is -2.25. The number of hydrogen-bond acceptors (Lipinski definition) is 6. The maximum Gasteiger partial charge on any atom is 0.344 e. The minimum absolute atomic E-state index is 0.135. The molecule has 110 valence electrons. The summed E-state index contributed by atoms with van der Waals surface area (Å²) in [6.07, 6.45) is 4.57. The van der Waals surface area contributed by atoms with E-state index < -0.39 is 12.1 Å². The standard InChI is InChI=1S/C15H16N2O4/c18-14-12(10-17-5-7-20-8-6-17)15(19)21-13(14)9-11-1-3-16-4-2-11/h1-4,10,13H,5-9H2/b12-10-. The zero-order chi connectivity index (χ0) is 14.7. The van der Waals surface area contributed by atoms with E-state index in [9.17, 15) is 9.59 Å². The molecule has 0 aromatic carbocycles. The van der Waals surface area contributed by atoms with Crippen LogP contribution in [0.1, 0.15) is 5.56 Å². The minimum atomic E-state index is -0.729. The molecule has 6 heteroatoms. The number of morpholine rings is 1. The van der Waals surface area contributed by atoms with Crippen molar-refractivity contribution in [2.45, 2.75) is 12.5 Å². The summed E-state index contributed by atoms with van der Waals surface area (Å²) in [5, 5.41) is 0. The van der Waals surface area contributed by atoms with Crippen LogP contribution in [0.3, 0.4) is 0 Å². The van der Waals surface area contributed by atoms with Gasteiger partial charge >= 0.3 is 5.97 Å². The van der Waals surface area contributed by atoms with Crippen LogP contribution in [-0.2, 0) is 25.5 Å². The lowest BCUT2D eigenvalue weighted by molar-refractivity contribution is -0.140. The van der Waals surface area contributed by atoms with Crippen molar-refractivity contribution in [1.82, 2.24) is 9.88 Å². The summed E-state index contributed by atoms with van der Waals surface area (Å²) in [6.45, 7) is 2.57. The van der Waals surface area contributed by atoms with Crippen LogP contribution in [0, 0.1) is 0 Å². The monoisotopic (exact) mass is 288 g/mol. The van der Waals surface area contributed by atoms with Crippen LogP contribution in [0.4, 0.5) is 0 Å². The Bertz CT molecular complexity index is 564. The van der Waals surface area contributed by atoms with Crippen molar-refractivity contribution in [3.63, 3.8) is 0 Å². The molecule has 6 nitrogen and oxygen atoms in total. The van der Waals surface area contributed by atoms with Gasteiger partial charge in [0.2, 0.25) is 5.78 Å². The number of ether oxygens (including phenoxy) is 2. The Kier molecular flexibility index (Phi) is 3.96. The number of esters is 1. The summed E-state index contributed by atoms with van der Waals surface area (Å²) in [5.41, 5.74) is 1.06. The Morgan fingerprint density at radius 1 is 1.24 bits per heavy atom. The van der Waals surface area contributed by atoms with E-state index in [1.165, 1.54) is 0 Å². The van der Waals surface area contributed by atoms with E-state index in [1.54, 1.807) is 18.6 Å². The number of nitrogens with zero attached hydrogens (tertiary/aromatic N) is 2. The lowest BCUT2D eigenvalue weighted by atomic mass is 10.0. The van der Waals surface area contributed by atoms with Gasteiger partial charge in [-0.25, -0.2) is 4.79 Å². The maximum atomic E-state index is 12.3. The first-order chi connectivity index (χ1) is 10.2. The van der Waals surface area contributed by atoms with Crippen LogP contribution < -0.4 is 0 Å². The first kappa shape index (κ1) is 13.8. The molecule has 0 bridgehead atoms. The Morgan fingerprint density at radius 3 is 2.67 bits per heavy atom. The fourth-order valence-corrected chi connectivity index (χ4v) is 2.39. The molecule has 2 fully saturated rings. The largest absolute Gasteiger partial charge is 0.450 e. The van der Waals surface area contributed by atoms with E-state index in [0.717, 1.165) is 5.56 Å². The number of hydrogen-bond donors (Lipinski definition) is 0. The van der Waals surface area contributed by atoms with Crippen molar-refractivity contribution in [2.24, 2.45) is 0 Å². The predicted octanol–water partition coefficient (Wildman–Crippen LogP) is 0.335. The highest BCUT2D eigenvalue weighted by atomic mass is 16.6. The molecule has 2 saturated heterocycles. The molecule has 0 saturated carbocycles. The van der Waals surface area contributed by atoms with Crippen molar-refractivity contribution < 1.29 is 19.1 Å².